The average Bonchev–Trinajstić information content (AvgIpc) is 3.22. The molecule has 6 nitrogen and oxygen atoms in total. The Labute approximate surface area is 147 Å². The molecule has 0 spiro atoms. The van der Waals surface area contributed by atoms with Crippen molar-refractivity contribution in [1.82, 2.24) is 19.7 Å². The number of hydrogen-bond acceptors (Lipinski definition) is 5. The fraction of sp³-hybridized carbons (Fsp3) is 0.316. The number of aryl methyl sites for hydroxylation is 1. The molecule has 4 rings (SSSR count). The van der Waals surface area contributed by atoms with E-state index in [2.05, 4.69) is 50.3 Å². The van der Waals surface area contributed by atoms with Crippen LogP contribution < -0.4 is 10.6 Å². The fourth-order valence-corrected chi connectivity index (χ4v) is 3.55. The zero-order chi connectivity index (χ0) is 17.2. The monoisotopic (exact) mass is 334 g/mol. The number of nitrogen functional groups attached to an aromatic ring is 1. The summed E-state index contributed by atoms with van der Waals surface area (Å²) in [6, 6.07) is 14.9. The van der Waals surface area contributed by atoms with Crippen molar-refractivity contribution in [3.8, 4) is 5.82 Å². The smallest absolute Gasteiger partial charge is 0.161 e. The van der Waals surface area contributed by atoms with Crippen LogP contribution in [0.1, 0.15) is 24.1 Å². The first-order valence-electron chi connectivity index (χ1n) is 8.66. The van der Waals surface area contributed by atoms with Crippen LogP contribution in [0.2, 0.25) is 0 Å². The predicted molar refractivity (Wildman–Crippen MR) is 98.8 cm³/mol. The van der Waals surface area contributed by atoms with Crippen LogP contribution in [-0.4, -0.2) is 32.3 Å². The number of nitrogens with zero attached hydrogens (tertiary/aromatic N) is 5. The molecule has 1 aliphatic heterocycles. The highest BCUT2D eigenvalue weighted by molar-refractivity contribution is 5.48. The quantitative estimate of drug-likeness (QED) is 0.794. The van der Waals surface area contributed by atoms with Crippen LogP contribution in [0.5, 0.6) is 0 Å². The molecule has 2 aromatic heterocycles. The predicted octanol–water partition coefficient (Wildman–Crippen LogP) is 2.76. The molecule has 25 heavy (non-hydrogen) atoms. The molecular formula is C19H22N6. The van der Waals surface area contributed by atoms with Gasteiger partial charge < -0.3 is 10.6 Å². The van der Waals surface area contributed by atoms with Crippen LogP contribution >= 0.6 is 0 Å². The van der Waals surface area contributed by atoms with Crippen LogP contribution in [0.4, 0.5) is 11.6 Å². The zero-order valence-electron chi connectivity index (χ0n) is 14.3. The summed E-state index contributed by atoms with van der Waals surface area (Å²) in [5.41, 5.74) is 8.27. The third-order valence-electron chi connectivity index (χ3n) is 4.70. The molecule has 3 heterocycles. The molecule has 1 atom stereocenters. The SMILES string of the molecule is Cc1cc(N)n(-c2cc(N3CCC[C@@H]3Cc3ccccc3)ncn2)n1. The Morgan fingerprint density at radius 3 is 2.68 bits per heavy atom. The van der Waals surface area contributed by atoms with E-state index >= 15 is 0 Å². The molecule has 0 radical (unpaired) electrons. The van der Waals surface area contributed by atoms with Crippen molar-refractivity contribution in [3.63, 3.8) is 0 Å². The highest BCUT2D eigenvalue weighted by Gasteiger charge is 2.26. The van der Waals surface area contributed by atoms with Gasteiger partial charge in [-0.1, -0.05) is 30.3 Å². The summed E-state index contributed by atoms with van der Waals surface area (Å²) in [4.78, 5) is 11.2. The molecule has 0 unspecified atom stereocenters. The maximum atomic E-state index is 6.03. The van der Waals surface area contributed by atoms with E-state index in [1.807, 2.05) is 19.1 Å². The number of hydrogen-bond donors (Lipinski definition) is 1. The van der Waals surface area contributed by atoms with Gasteiger partial charge in [-0.25, -0.2) is 9.97 Å². The van der Waals surface area contributed by atoms with E-state index in [-0.39, 0.29) is 0 Å². The zero-order valence-corrected chi connectivity index (χ0v) is 14.3. The summed E-state index contributed by atoms with van der Waals surface area (Å²) in [6.07, 6.45) is 4.99. The lowest BCUT2D eigenvalue weighted by atomic mass is 10.0. The van der Waals surface area contributed by atoms with E-state index < -0.39 is 0 Å². The third kappa shape index (κ3) is 3.20. The number of rotatable bonds is 4. The highest BCUT2D eigenvalue weighted by Crippen LogP contribution is 2.27. The third-order valence-corrected chi connectivity index (χ3v) is 4.70. The summed E-state index contributed by atoms with van der Waals surface area (Å²) in [5.74, 6) is 2.24. The van der Waals surface area contributed by atoms with Gasteiger partial charge in [-0.3, -0.25) is 0 Å². The summed E-state index contributed by atoms with van der Waals surface area (Å²) < 4.78 is 1.67. The lowest BCUT2D eigenvalue weighted by Crippen LogP contribution is -2.31. The van der Waals surface area contributed by atoms with Gasteiger partial charge in [0.25, 0.3) is 0 Å². The van der Waals surface area contributed by atoms with E-state index in [0.29, 0.717) is 17.7 Å². The Hall–Kier alpha value is -2.89. The first-order chi connectivity index (χ1) is 12.2. The molecule has 1 aliphatic rings. The van der Waals surface area contributed by atoms with Crippen molar-refractivity contribution < 1.29 is 0 Å². The van der Waals surface area contributed by atoms with Crippen LogP contribution in [0, 0.1) is 6.92 Å². The minimum atomic E-state index is 0.460. The van der Waals surface area contributed by atoms with Gasteiger partial charge in [0.05, 0.1) is 5.69 Å². The lowest BCUT2D eigenvalue weighted by Gasteiger charge is -2.26. The maximum Gasteiger partial charge on any atom is 0.161 e. The molecule has 1 aromatic carbocycles. The number of aromatic nitrogens is 4. The summed E-state index contributed by atoms with van der Waals surface area (Å²) in [6.45, 7) is 2.94. The van der Waals surface area contributed by atoms with Crippen molar-refractivity contribution in [2.24, 2.45) is 0 Å². The van der Waals surface area contributed by atoms with Crippen LogP contribution in [0.3, 0.4) is 0 Å². The molecule has 1 saturated heterocycles. The summed E-state index contributed by atoms with van der Waals surface area (Å²) in [5, 5.41) is 4.42. The molecule has 0 aliphatic carbocycles. The Balaban J connectivity index is 1.60. The summed E-state index contributed by atoms with van der Waals surface area (Å²) in [7, 11) is 0. The van der Waals surface area contributed by atoms with Gasteiger partial charge in [0.1, 0.15) is 18.0 Å². The van der Waals surface area contributed by atoms with Gasteiger partial charge in [0.2, 0.25) is 0 Å². The Morgan fingerprint density at radius 1 is 1.12 bits per heavy atom. The van der Waals surface area contributed by atoms with Gasteiger partial charge in [0, 0.05) is 24.7 Å². The number of benzene rings is 1. The van der Waals surface area contributed by atoms with Crippen LogP contribution in [-0.2, 0) is 6.42 Å². The maximum absolute atomic E-state index is 6.03. The molecule has 128 valence electrons. The van der Waals surface area contributed by atoms with E-state index in [0.717, 1.165) is 24.5 Å². The molecule has 1 fully saturated rings. The minimum Gasteiger partial charge on any atom is -0.384 e. The number of nitrogens with two attached hydrogens (primary N) is 1. The number of anilines is 2. The van der Waals surface area contributed by atoms with Crippen molar-refractivity contribution in [1.29, 1.82) is 0 Å². The van der Waals surface area contributed by atoms with Crippen molar-refractivity contribution >= 4 is 11.6 Å². The average molecular weight is 334 g/mol. The van der Waals surface area contributed by atoms with E-state index in [9.17, 15) is 0 Å². The fourth-order valence-electron chi connectivity index (χ4n) is 3.55. The van der Waals surface area contributed by atoms with Gasteiger partial charge in [-0.2, -0.15) is 9.78 Å². The summed E-state index contributed by atoms with van der Waals surface area (Å²) >= 11 is 0. The van der Waals surface area contributed by atoms with Crippen LogP contribution in [0.15, 0.2) is 48.8 Å². The molecule has 2 N–H and O–H groups in total. The Morgan fingerprint density at radius 2 is 1.92 bits per heavy atom. The van der Waals surface area contributed by atoms with Crippen molar-refractivity contribution in [2.45, 2.75) is 32.2 Å². The van der Waals surface area contributed by atoms with Gasteiger partial charge in [0.15, 0.2) is 5.82 Å². The highest BCUT2D eigenvalue weighted by atomic mass is 15.3. The molecular weight excluding hydrogens is 312 g/mol. The molecule has 0 saturated carbocycles. The van der Waals surface area contributed by atoms with E-state index in [4.69, 9.17) is 5.73 Å². The standard InChI is InChI=1S/C19H22N6/c1-14-10-17(20)25(23-14)19-12-18(21-13-22-19)24-9-5-8-16(24)11-15-6-3-2-4-7-15/h2-4,6-7,10,12-13,16H,5,8-9,11,20H2,1H3/t16-/m1/s1. The Kier molecular flexibility index (Phi) is 4.09. The van der Waals surface area contributed by atoms with Crippen molar-refractivity contribution in [2.75, 3.05) is 17.2 Å². The van der Waals surface area contributed by atoms with E-state index in [1.165, 1.54) is 18.4 Å². The second-order valence-electron chi connectivity index (χ2n) is 6.54. The van der Waals surface area contributed by atoms with Gasteiger partial charge in [-0.15, -0.1) is 0 Å². The van der Waals surface area contributed by atoms with Gasteiger partial charge >= 0.3 is 0 Å². The second-order valence-corrected chi connectivity index (χ2v) is 6.54. The lowest BCUT2D eigenvalue weighted by molar-refractivity contribution is 0.656. The molecule has 0 bridgehead atoms. The van der Waals surface area contributed by atoms with E-state index in [1.54, 1.807) is 11.0 Å². The molecule has 6 heteroatoms. The minimum absolute atomic E-state index is 0.460. The molecule has 0 amide bonds. The first kappa shape index (κ1) is 15.6. The second kappa shape index (κ2) is 6.55. The topological polar surface area (TPSA) is 72.9 Å². The van der Waals surface area contributed by atoms with Crippen molar-refractivity contribution in [3.05, 3.63) is 60.0 Å². The first-order valence-corrected chi connectivity index (χ1v) is 8.66. The van der Waals surface area contributed by atoms with Gasteiger partial charge in [-0.05, 0) is 31.7 Å². The molecule has 3 aromatic rings. The van der Waals surface area contributed by atoms with Crippen LogP contribution in [0.25, 0.3) is 5.82 Å². The Bertz CT molecular complexity index is 857. The normalized spacial score (nSPS) is 17.2. The largest absolute Gasteiger partial charge is 0.384 e.